The molecule has 6 heteroatoms. The van der Waals surface area contributed by atoms with E-state index in [1.807, 2.05) is 89.8 Å². The molecule has 29 heavy (non-hydrogen) atoms. The Morgan fingerprint density at radius 2 is 1.55 bits per heavy atom. The van der Waals surface area contributed by atoms with Gasteiger partial charge in [-0.05, 0) is 43.3 Å². The summed E-state index contributed by atoms with van der Waals surface area (Å²) in [7, 11) is 0. The van der Waals surface area contributed by atoms with E-state index in [0.29, 0.717) is 17.5 Å². The fourth-order valence-corrected chi connectivity index (χ4v) is 2.93. The van der Waals surface area contributed by atoms with Crippen molar-refractivity contribution in [2.24, 2.45) is 0 Å². The van der Waals surface area contributed by atoms with E-state index in [9.17, 15) is 0 Å². The highest BCUT2D eigenvalue weighted by atomic mass is 16.5. The molecule has 3 aromatic carbocycles. The van der Waals surface area contributed by atoms with E-state index in [2.05, 4.69) is 27.4 Å². The summed E-state index contributed by atoms with van der Waals surface area (Å²) in [5.41, 5.74) is 1.81. The van der Waals surface area contributed by atoms with Gasteiger partial charge in [0.1, 0.15) is 5.75 Å². The lowest BCUT2D eigenvalue weighted by Gasteiger charge is -2.20. The van der Waals surface area contributed by atoms with Crippen LogP contribution in [0.4, 0.5) is 23.1 Å². The zero-order chi connectivity index (χ0) is 19.9. The number of para-hydroxylation sites is 4. The molecule has 0 aliphatic heterocycles. The Hall–Kier alpha value is -3.93. The standard InChI is InChI=1S/C23H21N5O/c1-2-28(18-11-5-3-6-12-18)23-26-22(17-24-27-23)25-20-15-9-10-16-21(20)29-19-13-7-4-8-14-19/h3-17H,2H2,1H3,(H,25,26,27). The van der Waals surface area contributed by atoms with Crippen molar-refractivity contribution < 1.29 is 4.74 Å². The predicted octanol–water partition coefficient (Wildman–Crippen LogP) is 5.57. The molecule has 0 saturated heterocycles. The first-order chi connectivity index (χ1) is 14.3. The van der Waals surface area contributed by atoms with Crippen LogP contribution in [0.25, 0.3) is 0 Å². The summed E-state index contributed by atoms with van der Waals surface area (Å²) in [5, 5.41) is 11.6. The second-order valence-electron chi connectivity index (χ2n) is 6.26. The van der Waals surface area contributed by atoms with Gasteiger partial charge in [-0.15, -0.1) is 5.10 Å². The molecule has 0 spiro atoms. The molecule has 0 aliphatic carbocycles. The largest absolute Gasteiger partial charge is 0.455 e. The van der Waals surface area contributed by atoms with Gasteiger partial charge in [-0.1, -0.05) is 48.5 Å². The third kappa shape index (κ3) is 4.50. The van der Waals surface area contributed by atoms with Gasteiger partial charge in [0.15, 0.2) is 11.6 Å². The van der Waals surface area contributed by atoms with Crippen molar-refractivity contribution in [2.45, 2.75) is 6.92 Å². The summed E-state index contributed by atoms with van der Waals surface area (Å²) < 4.78 is 6.01. The van der Waals surface area contributed by atoms with Crippen molar-refractivity contribution in [1.82, 2.24) is 15.2 Å². The van der Waals surface area contributed by atoms with Gasteiger partial charge < -0.3 is 15.0 Å². The van der Waals surface area contributed by atoms with Crippen molar-refractivity contribution in [1.29, 1.82) is 0 Å². The highest BCUT2D eigenvalue weighted by Crippen LogP contribution is 2.31. The van der Waals surface area contributed by atoms with E-state index in [1.54, 1.807) is 6.20 Å². The molecular formula is C23H21N5O. The monoisotopic (exact) mass is 383 g/mol. The van der Waals surface area contributed by atoms with Crippen molar-refractivity contribution in [2.75, 3.05) is 16.8 Å². The maximum Gasteiger partial charge on any atom is 0.251 e. The molecule has 0 saturated carbocycles. The Morgan fingerprint density at radius 3 is 2.31 bits per heavy atom. The van der Waals surface area contributed by atoms with Gasteiger partial charge in [0, 0.05) is 12.2 Å². The van der Waals surface area contributed by atoms with E-state index < -0.39 is 0 Å². The molecule has 6 nitrogen and oxygen atoms in total. The van der Waals surface area contributed by atoms with E-state index >= 15 is 0 Å². The first kappa shape index (κ1) is 18.4. The van der Waals surface area contributed by atoms with Crippen LogP contribution >= 0.6 is 0 Å². The Morgan fingerprint density at radius 1 is 0.862 bits per heavy atom. The molecular weight excluding hydrogens is 362 g/mol. The highest BCUT2D eigenvalue weighted by molar-refractivity contribution is 5.65. The third-order valence-electron chi connectivity index (χ3n) is 4.29. The molecule has 1 heterocycles. The summed E-state index contributed by atoms with van der Waals surface area (Å²) in [6.45, 7) is 2.78. The van der Waals surface area contributed by atoms with Crippen LogP contribution in [0.2, 0.25) is 0 Å². The SMILES string of the molecule is CCN(c1ccccc1)c1nncc(Nc2ccccc2Oc2ccccc2)n1. The number of nitrogens with one attached hydrogen (secondary N) is 1. The topological polar surface area (TPSA) is 63.2 Å². The van der Waals surface area contributed by atoms with Gasteiger partial charge in [0.2, 0.25) is 0 Å². The highest BCUT2D eigenvalue weighted by Gasteiger charge is 2.12. The van der Waals surface area contributed by atoms with Gasteiger partial charge in [0.05, 0.1) is 11.9 Å². The van der Waals surface area contributed by atoms with Crippen LogP contribution in [-0.4, -0.2) is 21.7 Å². The third-order valence-corrected chi connectivity index (χ3v) is 4.29. The first-order valence-electron chi connectivity index (χ1n) is 9.45. The molecule has 0 atom stereocenters. The number of ether oxygens (including phenoxy) is 1. The Kier molecular flexibility index (Phi) is 5.62. The second-order valence-corrected chi connectivity index (χ2v) is 6.26. The molecule has 4 aromatic rings. The molecule has 0 aliphatic rings. The van der Waals surface area contributed by atoms with Crippen LogP contribution in [-0.2, 0) is 0 Å². The van der Waals surface area contributed by atoms with Crippen LogP contribution in [0.1, 0.15) is 6.92 Å². The van der Waals surface area contributed by atoms with Crippen LogP contribution in [0.15, 0.2) is 91.1 Å². The fraction of sp³-hybridized carbons (Fsp3) is 0.0870. The van der Waals surface area contributed by atoms with Crippen LogP contribution in [0.3, 0.4) is 0 Å². The summed E-state index contributed by atoms with van der Waals surface area (Å²) in [6, 6.07) is 27.4. The molecule has 4 rings (SSSR count). The number of anilines is 4. The molecule has 0 bridgehead atoms. The molecule has 0 fully saturated rings. The summed E-state index contributed by atoms with van der Waals surface area (Å²) in [6.07, 6.45) is 1.60. The van der Waals surface area contributed by atoms with Crippen LogP contribution < -0.4 is 15.0 Å². The van der Waals surface area contributed by atoms with Gasteiger partial charge in [-0.25, -0.2) is 0 Å². The van der Waals surface area contributed by atoms with E-state index in [-0.39, 0.29) is 0 Å². The maximum atomic E-state index is 6.01. The van der Waals surface area contributed by atoms with Crippen molar-refractivity contribution in [3.63, 3.8) is 0 Å². The summed E-state index contributed by atoms with van der Waals surface area (Å²) >= 11 is 0. The van der Waals surface area contributed by atoms with Crippen molar-refractivity contribution >= 4 is 23.1 Å². The molecule has 0 amide bonds. The second kappa shape index (κ2) is 8.84. The number of aromatic nitrogens is 3. The van der Waals surface area contributed by atoms with Gasteiger partial charge in [0.25, 0.3) is 5.95 Å². The molecule has 1 N–H and O–H groups in total. The Balaban J connectivity index is 1.59. The van der Waals surface area contributed by atoms with Crippen molar-refractivity contribution in [3.05, 3.63) is 91.1 Å². The zero-order valence-corrected chi connectivity index (χ0v) is 16.1. The lowest BCUT2D eigenvalue weighted by molar-refractivity contribution is 0.485. The smallest absolute Gasteiger partial charge is 0.251 e. The minimum absolute atomic E-state index is 0.533. The number of rotatable bonds is 7. The molecule has 0 radical (unpaired) electrons. The van der Waals surface area contributed by atoms with Crippen LogP contribution in [0, 0.1) is 0 Å². The molecule has 144 valence electrons. The van der Waals surface area contributed by atoms with E-state index in [1.165, 1.54) is 0 Å². The average molecular weight is 383 g/mol. The number of benzene rings is 3. The van der Waals surface area contributed by atoms with E-state index in [0.717, 1.165) is 23.7 Å². The molecule has 0 unspecified atom stereocenters. The van der Waals surface area contributed by atoms with Crippen molar-refractivity contribution in [3.8, 4) is 11.5 Å². The first-order valence-corrected chi connectivity index (χ1v) is 9.45. The lowest BCUT2D eigenvalue weighted by Crippen LogP contribution is -2.19. The average Bonchev–Trinajstić information content (AvgIpc) is 2.78. The lowest BCUT2D eigenvalue weighted by atomic mass is 10.3. The Labute approximate surface area is 169 Å². The molecule has 1 aromatic heterocycles. The zero-order valence-electron chi connectivity index (χ0n) is 16.1. The minimum Gasteiger partial charge on any atom is -0.455 e. The Bertz CT molecular complexity index is 1060. The summed E-state index contributed by atoms with van der Waals surface area (Å²) in [5.74, 6) is 2.59. The fourth-order valence-electron chi connectivity index (χ4n) is 2.93. The quantitative estimate of drug-likeness (QED) is 0.450. The summed E-state index contributed by atoms with van der Waals surface area (Å²) in [4.78, 5) is 6.65. The normalized spacial score (nSPS) is 10.4. The number of nitrogens with zero attached hydrogens (tertiary/aromatic N) is 4. The van der Waals surface area contributed by atoms with Gasteiger partial charge >= 0.3 is 0 Å². The minimum atomic E-state index is 0.533. The predicted molar refractivity (Wildman–Crippen MR) is 115 cm³/mol. The van der Waals surface area contributed by atoms with E-state index in [4.69, 9.17) is 4.74 Å². The maximum absolute atomic E-state index is 6.01. The van der Waals surface area contributed by atoms with Gasteiger partial charge in [-0.2, -0.15) is 10.1 Å². The van der Waals surface area contributed by atoms with Crippen LogP contribution in [0.5, 0.6) is 11.5 Å². The number of hydrogen-bond donors (Lipinski definition) is 1. The number of hydrogen-bond acceptors (Lipinski definition) is 6. The van der Waals surface area contributed by atoms with Gasteiger partial charge in [-0.3, -0.25) is 0 Å².